The Bertz CT molecular complexity index is 1170. The molecule has 33 heavy (non-hydrogen) atoms. The maximum atomic E-state index is 13.2. The van der Waals surface area contributed by atoms with Crippen LogP contribution in [0.2, 0.25) is 5.02 Å². The standard InChI is InChI=1S/C23H24ClN5O4/c1-32-12-20-23(31)28(11-15-5-6-18-19(9-15)26-14-27-22(18)25)7-8-29(20)21(30)13-33-17-4-2-3-16(24)10-17/h2-6,9-10,14,20H,7-8,11-13H2,1H3,(H2,25,26,27)/t20-/m1/s1. The smallest absolute Gasteiger partial charge is 0.261 e. The van der Waals surface area contributed by atoms with E-state index >= 15 is 0 Å². The van der Waals surface area contributed by atoms with Crippen molar-refractivity contribution in [3.63, 3.8) is 0 Å². The molecule has 0 bridgehead atoms. The van der Waals surface area contributed by atoms with Crippen LogP contribution in [0, 0.1) is 0 Å². The number of ether oxygens (including phenoxy) is 2. The summed E-state index contributed by atoms with van der Waals surface area (Å²) in [5, 5.41) is 1.28. The van der Waals surface area contributed by atoms with Gasteiger partial charge in [-0.1, -0.05) is 23.7 Å². The molecular weight excluding hydrogens is 446 g/mol. The minimum absolute atomic E-state index is 0.0969. The molecule has 1 fully saturated rings. The highest BCUT2D eigenvalue weighted by Crippen LogP contribution is 2.21. The number of nitrogens with zero attached hydrogens (tertiary/aromatic N) is 4. The number of hydrogen-bond donors (Lipinski definition) is 1. The molecule has 2 N–H and O–H groups in total. The van der Waals surface area contributed by atoms with Crippen LogP contribution < -0.4 is 10.5 Å². The number of anilines is 1. The number of amides is 2. The number of nitrogen functional groups attached to an aromatic ring is 1. The number of carbonyl (C=O) groups excluding carboxylic acids is 2. The van der Waals surface area contributed by atoms with E-state index in [1.165, 1.54) is 18.3 Å². The summed E-state index contributed by atoms with van der Waals surface area (Å²) in [4.78, 5) is 37.5. The summed E-state index contributed by atoms with van der Waals surface area (Å²) < 4.78 is 10.8. The van der Waals surface area contributed by atoms with Crippen LogP contribution >= 0.6 is 11.6 Å². The Hall–Kier alpha value is -3.43. The number of aromatic nitrogens is 2. The summed E-state index contributed by atoms with van der Waals surface area (Å²) in [6.07, 6.45) is 1.41. The molecule has 1 aromatic heterocycles. The van der Waals surface area contributed by atoms with Gasteiger partial charge in [-0.05, 0) is 35.9 Å². The van der Waals surface area contributed by atoms with Gasteiger partial charge in [-0.2, -0.15) is 0 Å². The van der Waals surface area contributed by atoms with Crippen molar-refractivity contribution < 1.29 is 19.1 Å². The van der Waals surface area contributed by atoms with Crippen molar-refractivity contribution in [1.82, 2.24) is 19.8 Å². The van der Waals surface area contributed by atoms with Gasteiger partial charge in [-0.25, -0.2) is 9.97 Å². The molecule has 2 amide bonds. The number of piperazine rings is 1. The van der Waals surface area contributed by atoms with Crippen molar-refractivity contribution in [2.45, 2.75) is 12.6 Å². The van der Waals surface area contributed by atoms with Crippen molar-refractivity contribution in [1.29, 1.82) is 0 Å². The first-order valence-corrected chi connectivity index (χ1v) is 10.8. The zero-order valence-electron chi connectivity index (χ0n) is 18.1. The van der Waals surface area contributed by atoms with Gasteiger partial charge in [0.05, 0.1) is 12.1 Å². The molecule has 1 aliphatic rings. The first-order valence-electron chi connectivity index (χ1n) is 10.4. The van der Waals surface area contributed by atoms with Crippen LogP contribution in [0.4, 0.5) is 5.82 Å². The molecule has 9 nitrogen and oxygen atoms in total. The molecule has 172 valence electrons. The molecule has 1 saturated heterocycles. The quantitative estimate of drug-likeness (QED) is 0.564. The average Bonchev–Trinajstić information content (AvgIpc) is 2.80. The van der Waals surface area contributed by atoms with Gasteiger partial charge in [0, 0.05) is 37.2 Å². The van der Waals surface area contributed by atoms with Gasteiger partial charge in [0.25, 0.3) is 5.91 Å². The second-order valence-corrected chi connectivity index (χ2v) is 8.11. The van der Waals surface area contributed by atoms with E-state index in [-0.39, 0.29) is 25.0 Å². The highest BCUT2D eigenvalue weighted by molar-refractivity contribution is 6.30. The molecule has 0 unspecified atom stereocenters. The fourth-order valence-electron chi connectivity index (χ4n) is 3.84. The molecule has 1 aliphatic heterocycles. The summed E-state index contributed by atoms with van der Waals surface area (Å²) in [5.74, 6) is 0.434. The fourth-order valence-corrected chi connectivity index (χ4v) is 4.02. The zero-order valence-corrected chi connectivity index (χ0v) is 18.9. The van der Waals surface area contributed by atoms with E-state index in [0.717, 1.165) is 10.9 Å². The predicted molar refractivity (Wildman–Crippen MR) is 124 cm³/mol. The summed E-state index contributed by atoms with van der Waals surface area (Å²) >= 11 is 5.96. The number of carbonyl (C=O) groups is 2. The maximum Gasteiger partial charge on any atom is 0.261 e. The topological polar surface area (TPSA) is 111 Å². The third kappa shape index (κ3) is 5.15. The normalized spacial score (nSPS) is 16.3. The summed E-state index contributed by atoms with van der Waals surface area (Å²) in [6.45, 7) is 1.06. The molecular formula is C23H24ClN5O4. The van der Waals surface area contributed by atoms with E-state index in [9.17, 15) is 9.59 Å². The Morgan fingerprint density at radius 2 is 2.06 bits per heavy atom. The van der Waals surface area contributed by atoms with Crippen LogP contribution in [0.5, 0.6) is 5.75 Å². The van der Waals surface area contributed by atoms with Gasteiger partial charge in [-0.3, -0.25) is 9.59 Å². The van der Waals surface area contributed by atoms with E-state index in [4.69, 9.17) is 26.8 Å². The van der Waals surface area contributed by atoms with Crippen LogP contribution in [0.3, 0.4) is 0 Å². The molecule has 0 spiro atoms. The fraction of sp³-hybridized carbons (Fsp3) is 0.304. The van der Waals surface area contributed by atoms with Gasteiger partial charge in [0.15, 0.2) is 6.61 Å². The summed E-state index contributed by atoms with van der Waals surface area (Å²) in [5.41, 5.74) is 7.52. The number of benzene rings is 2. The Balaban J connectivity index is 1.44. The minimum atomic E-state index is -0.724. The monoisotopic (exact) mass is 469 g/mol. The first-order chi connectivity index (χ1) is 16.0. The van der Waals surface area contributed by atoms with Gasteiger partial charge >= 0.3 is 0 Å². The second-order valence-electron chi connectivity index (χ2n) is 7.67. The molecule has 4 rings (SSSR count). The lowest BCUT2D eigenvalue weighted by Crippen LogP contribution is -2.60. The Kier molecular flexibility index (Phi) is 6.90. The van der Waals surface area contributed by atoms with Crippen molar-refractivity contribution in [3.05, 3.63) is 59.4 Å². The Morgan fingerprint density at radius 3 is 2.85 bits per heavy atom. The molecule has 0 radical (unpaired) electrons. The second kappa shape index (κ2) is 10.0. The number of hydrogen-bond acceptors (Lipinski definition) is 7. The molecule has 3 aromatic rings. The molecule has 1 atom stereocenters. The van der Waals surface area contributed by atoms with Crippen molar-refractivity contribution in [2.24, 2.45) is 0 Å². The van der Waals surface area contributed by atoms with E-state index in [0.29, 0.717) is 41.7 Å². The van der Waals surface area contributed by atoms with Gasteiger partial charge in [0.1, 0.15) is 23.9 Å². The SMILES string of the molecule is COC[C@@H]1C(=O)N(Cc2ccc3c(N)ncnc3c2)CCN1C(=O)COc1cccc(Cl)c1. The summed E-state index contributed by atoms with van der Waals surface area (Å²) in [6, 6.07) is 11.7. The third-order valence-corrected chi connectivity index (χ3v) is 5.73. The van der Waals surface area contributed by atoms with Gasteiger partial charge in [0.2, 0.25) is 5.91 Å². The third-order valence-electron chi connectivity index (χ3n) is 5.49. The number of fused-ring (bicyclic) bond motifs is 1. The lowest BCUT2D eigenvalue weighted by Gasteiger charge is -2.40. The van der Waals surface area contributed by atoms with E-state index in [1.807, 2.05) is 18.2 Å². The first kappa shape index (κ1) is 22.8. The highest BCUT2D eigenvalue weighted by Gasteiger charge is 2.37. The average molecular weight is 470 g/mol. The van der Waals surface area contributed by atoms with Crippen LogP contribution in [-0.2, 0) is 20.9 Å². The lowest BCUT2D eigenvalue weighted by atomic mass is 10.1. The van der Waals surface area contributed by atoms with Gasteiger partial charge in [-0.15, -0.1) is 0 Å². The van der Waals surface area contributed by atoms with E-state index in [2.05, 4.69) is 9.97 Å². The highest BCUT2D eigenvalue weighted by atomic mass is 35.5. The Morgan fingerprint density at radius 1 is 1.21 bits per heavy atom. The van der Waals surface area contributed by atoms with E-state index < -0.39 is 6.04 Å². The van der Waals surface area contributed by atoms with Crippen molar-refractivity contribution in [2.75, 3.05) is 39.1 Å². The molecule has 0 saturated carbocycles. The summed E-state index contributed by atoms with van der Waals surface area (Å²) in [7, 11) is 1.50. The minimum Gasteiger partial charge on any atom is -0.484 e. The maximum absolute atomic E-state index is 13.2. The number of nitrogens with two attached hydrogens (primary N) is 1. The number of halogens is 1. The van der Waals surface area contributed by atoms with Crippen LogP contribution in [0.15, 0.2) is 48.8 Å². The molecule has 0 aliphatic carbocycles. The Labute approximate surface area is 196 Å². The van der Waals surface area contributed by atoms with Crippen LogP contribution in [0.25, 0.3) is 10.9 Å². The largest absolute Gasteiger partial charge is 0.484 e. The zero-order chi connectivity index (χ0) is 23.4. The lowest BCUT2D eigenvalue weighted by molar-refractivity contribution is -0.155. The molecule has 2 aromatic carbocycles. The van der Waals surface area contributed by atoms with Gasteiger partial charge < -0.3 is 25.0 Å². The van der Waals surface area contributed by atoms with Crippen LogP contribution in [-0.4, -0.2) is 71.0 Å². The number of rotatable bonds is 7. The molecule has 2 heterocycles. The molecule has 10 heteroatoms. The predicted octanol–water partition coefficient (Wildman–Crippen LogP) is 2.13. The van der Waals surface area contributed by atoms with Crippen molar-refractivity contribution >= 4 is 40.1 Å². The number of methoxy groups -OCH3 is 1. The van der Waals surface area contributed by atoms with E-state index in [1.54, 1.807) is 29.2 Å². The van der Waals surface area contributed by atoms with Crippen molar-refractivity contribution in [3.8, 4) is 5.75 Å². The van der Waals surface area contributed by atoms with Crippen LogP contribution in [0.1, 0.15) is 5.56 Å².